The number of benzene rings is 1. The number of anilines is 1. The fourth-order valence-electron chi connectivity index (χ4n) is 4.02. The molecule has 2 fully saturated rings. The first-order valence-corrected chi connectivity index (χ1v) is 9.74. The quantitative estimate of drug-likeness (QED) is 0.738. The number of halogens is 4. The van der Waals surface area contributed by atoms with E-state index in [1.165, 1.54) is 12.3 Å². The number of alkyl halides is 4. The summed E-state index contributed by atoms with van der Waals surface area (Å²) in [6.45, 7) is 2.85. The van der Waals surface area contributed by atoms with E-state index in [1.54, 1.807) is 19.1 Å². The Kier molecular flexibility index (Phi) is 5.54. The van der Waals surface area contributed by atoms with E-state index < -0.39 is 36.0 Å². The molecule has 1 amide bonds. The van der Waals surface area contributed by atoms with Gasteiger partial charge in [0, 0.05) is 36.9 Å². The molecule has 2 aromatic rings. The van der Waals surface area contributed by atoms with E-state index >= 15 is 0 Å². The largest absolute Gasteiger partial charge is 0.418 e. The molecular formula is C20H22F4N4O2. The van der Waals surface area contributed by atoms with Crippen LogP contribution in [0.15, 0.2) is 30.5 Å². The number of amides is 1. The molecule has 1 unspecified atom stereocenters. The third-order valence-corrected chi connectivity index (χ3v) is 5.41. The molecule has 10 heteroatoms. The molecule has 1 aromatic carbocycles. The van der Waals surface area contributed by atoms with Gasteiger partial charge in [-0.3, -0.25) is 9.78 Å². The third kappa shape index (κ3) is 4.06. The van der Waals surface area contributed by atoms with Gasteiger partial charge in [0.2, 0.25) is 0 Å². The van der Waals surface area contributed by atoms with Crippen LogP contribution >= 0.6 is 0 Å². The highest BCUT2D eigenvalue weighted by Gasteiger charge is 2.37. The molecule has 162 valence electrons. The van der Waals surface area contributed by atoms with Crippen LogP contribution in [-0.4, -0.2) is 61.5 Å². The summed E-state index contributed by atoms with van der Waals surface area (Å²) < 4.78 is 59.7. The summed E-state index contributed by atoms with van der Waals surface area (Å²) in [6.07, 6.45) is -5.58. The van der Waals surface area contributed by atoms with Crippen molar-refractivity contribution in [3.63, 3.8) is 0 Å². The number of ether oxygens (including phenoxy) is 1. The van der Waals surface area contributed by atoms with Gasteiger partial charge in [-0.15, -0.1) is 0 Å². The van der Waals surface area contributed by atoms with Gasteiger partial charge in [-0.2, -0.15) is 13.2 Å². The smallest absolute Gasteiger partial charge is 0.365 e. The maximum Gasteiger partial charge on any atom is 0.418 e. The first kappa shape index (κ1) is 20.8. The standard InChI is InChI=1S/C20H22F4N4O2/c1-11-9-28(10-17(30-11)19(29)27-15-8-25-7-14(15)21)16-5-4-13(20(22,23)24)18-12(16)3-2-6-26-18/h2-6,11,14-15,17,25H,7-10H2,1H3,(H,27,29)/t11-,14?,15-,17-/m1/s1. The van der Waals surface area contributed by atoms with Gasteiger partial charge in [0.15, 0.2) is 6.10 Å². The highest BCUT2D eigenvalue weighted by molar-refractivity contribution is 5.94. The molecule has 2 N–H and O–H groups in total. The predicted molar refractivity (Wildman–Crippen MR) is 103 cm³/mol. The van der Waals surface area contributed by atoms with Crippen molar-refractivity contribution < 1.29 is 27.1 Å². The summed E-state index contributed by atoms with van der Waals surface area (Å²) in [7, 11) is 0. The molecule has 2 aliphatic rings. The second-order valence-electron chi connectivity index (χ2n) is 7.66. The second kappa shape index (κ2) is 7.99. The number of hydrogen-bond donors (Lipinski definition) is 2. The minimum atomic E-state index is -4.52. The van der Waals surface area contributed by atoms with Crippen LogP contribution in [0.5, 0.6) is 0 Å². The van der Waals surface area contributed by atoms with E-state index in [9.17, 15) is 22.4 Å². The van der Waals surface area contributed by atoms with Crippen molar-refractivity contribution in [2.24, 2.45) is 0 Å². The Balaban J connectivity index is 1.61. The van der Waals surface area contributed by atoms with Gasteiger partial charge in [-0.25, -0.2) is 4.39 Å². The zero-order valence-electron chi connectivity index (χ0n) is 16.2. The fraction of sp³-hybridized carbons (Fsp3) is 0.500. The Morgan fingerprint density at radius 2 is 2.07 bits per heavy atom. The summed E-state index contributed by atoms with van der Waals surface area (Å²) in [5.41, 5.74) is -0.398. The van der Waals surface area contributed by atoms with Crippen molar-refractivity contribution in [2.45, 2.75) is 37.5 Å². The Morgan fingerprint density at radius 1 is 1.27 bits per heavy atom. The summed E-state index contributed by atoms with van der Waals surface area (Å²) in [4.78, 5) is 18.4. The van der Waals surface area contributed by atoms with E-state index in [0.717, 1.165) is 6.07 Å². The minimum Gasteiger partial charge on any atom is -0.365 e. The van der Waals surface area contributed by atoms with Gasteiger partial charge < -0.3 is 20.3 Å². The van der Waals surface area contributed by atoms with Crippen LogP contribution in [-0.2, 0) is 15.7 Å². The molecule has 4 atom stereocenters. The van der Waals surface area contributed by atoms with Crippen LogP contribution in [0.4, 0.5) is 23.2 Å². The lowest BCUT2D eigenvalue weighted by Crippen LogP contribution is -2.55. The number of rotatable bonds is 3. The second-order valence-corrected chi connectivity index (χ2v) is 7.66. The number of pyridine rings is 1. The summed E-state index contributed by atoms with van der Waals surface area (Å²) in [6, 6.07) is 4.95. The lowest BCUT2D eigenvalue weighted by Gasteiger charge is -2.38. The third-order valence-electron chi connectivity index (χ3n) is 5.41. The SMILES string of the molecule is C[C@@H]1CN(c2ccc(C(F)(F)F)c3ncccc23)C[C@H](C(=O)N[C@@H]2CNCC2F)O1. The molecule has 2 aliphatic heterocycles. The summed E-state index contributed by atoms with van der Waals surface area (Å²) in [5, 5.41) is 5.89. The van der Waals surface area contributed by atoms with Gasteiger partial charge in [-0.1, -0.05) is 0 Å². The van der Waals surface area contributed by atoms with E-state index in [2.05, 4.69) is 15.6 Å². The lowest BCUT2D eigenvalue weighted by atomic mass is 10.0. The molecule has 2 saturated heterocycles. The van der Waals surface area contributed by atoms with Gasteiger partial charge >= 0.3 is 6.18 Å². The molecule has 1 aromatic heterocycles. The van der Waals surface area contributed by atoms with Crippen LogP contribution in [0.3, 0.4) is 0 Å². The first-order valence-electron chi connectivity index (χ1n) is 9.74. The number of nitrogens with one attached hydrogen (secondary N) is 2. The zero-order valence-corrected chi connectivity index (χ0v) is 16.2. The molecule has 0 spiro atoms. The number of carbonyl (C=O) groups is 1. The van der Waals surface area contributed by atoms with E-state index in [-0.39, 0.29) is 24.7 Å². The number of fused-ring (bicyclic) bond motifs is 1. The van der Waals surface area contributed by atoms with Crippen LogP contribution in [0.1, 0.15) is 12.5 Å². The van der Waals surface area contributed by atoms with Crippen LogP contribution < -0.4 is 15.5 Å². The average Bonchev–Trinajstić information content (AvgIpc) is 3.10. The lowest BCUT2D eigenvalue weighted by molar-refractivity contribution is -0.138. The molecule has 3 heterocycles. The maximum absolute atomic E-state index is 13.8. The van der Waals surface area contributed by atoms with Crippen LogP contribution in [0.25, 0.3) is 10.9 Å². The van der Waals surface area contributed by atoms with E-state index in [4.69, 9.17) is 4.74 Å². The van der Waals surface area contributed by atoms with Crippen molar-refractivity contribution >= 4 is 22.5 Å². The van der Waals surface area contributed by atoms with Crippen molar-refractivity contribution in [2.75, 3.05) is 31.1 Å². The molecule has 0 saturated carbocycles. The van der Waals surface area contributed by atoms with Crippen molar-refractivity contribution in [1.29, 1.82) is 0 Å². The average molecular weight is 426 g/mol. The number of morpholine rings is 1. The number of nitrogens with zero attached hydrogens (tertiary/aromatic N) is 2. The molecule has 0 bridgehead atoms. The Morgan fingerprint density at radius 3 is 2.77 bits per heavy atom. The zero-order chi connectivity index (χ0) is 21.5. The molecule has 6 nitrogen and oxygen atoms in total. The first-order chi connectivity index (χ1) is 14.2. The Hall–Kier alpha value is -2.46. The fourth-order valence-corrected chi connectivity index (χ4v) is 4.02. The Labute approximate surface area is 170 Å². The highest BCUT2D eigenvalue weighted by atomic mass is 19.4. The van der Waals surface area contributed by atoms with Crippen LogP contribution in [0, 0.1) is 0 Å². The number of aromatic nitrogens is 1. The number of carbonyl (C=O) groups excluding carboxylic acids is 1. The normalized spacial score (nSPS) is 27.4. The predicted octanol–water partition coefficient (Wildman–Crippen LogP) is 2.27. The van der Waals surface area contributed by atoms with Crippen LogP contribution in [0.2, 0.25) is 0 Å². The summed E-state index contributed by atoms with van der Waals surface area (Å²) in [5.74, 6) is -0.433. The number of hydrogen-bond acceptors (Lipinski definition) is 5. The molecular weight excluding hydrogens is 404 g/mol. The van der Waals surface area contributed by atoms with Crippen molar-refractivity contribution in [3.05, 3.63) is 36.0 Å². The van der Waals surface area contributed by atoms with E-state index in [1.807, 2.05) is 4.90 Å². The minimum absolute atomic E-state index is 0.139. The monoisotopic (exact) mass is 426 g/mol. The molecule has 0 aliphatic carbocycles. The van der Waals surface area contributed by atoms with Gasteiger partial charge in [0.25, 0.3) is 5.91 Å². The van der Waals surface area contributed by atoms with E-state index in [0.29, 0.717) is 24.2 Å². The van der Waals surface area contributed by atoms with Gasteiger partial charge in [-0.05, 0) is 31.2 Å². The van der Waals surface area contributed by atoms with Crippen molar-refractivity contribution in [1.82, 2.24) is 15.6 Å². The molecule has 4 rings (SSSR count). The Bertz CT molecular complexity index is 939. The molecule has 30 heavy (non-hydrogen) atoms. The van der Waals surface area contributed by atoms with Gasteiger partial charge in [0.1, 0.15) is 6.17 Å². The highest BCUT2D eigenvalue weighted by Crippen LogP contribution is 2.38. The summed E-state index contributed by atoms with van der Waals surface area (Å²) >= 11 is 0. The van der Waals surface area contributed by atoms with Crippen molar-refractivity contribution in [3.8, 4) is 0 Å². The topological polar surface area (TPSA) is 66.5 Å². The molecule has 0 radical (unpaired) electrons. The maximum atomic E-state index is 13.8. The van der Waals surface area contributed by atoms with Gasteiger partial charge in [0.05, 0.1) is 29.8 Å².